The molecular formula is C40H70BrCl3N8O10. The molecule has 0 saturated carbocycles. The minimum atomic E-state index is -0.508. The van der Waals surface area contributed by atoms with Gasteiger partial charge in [0.25, 0.3) is 23.6 Å². The Morgan fingerprint density at radius 1 is 0.597 bits per heavy atom. The molecule has 0 aromatic rings. The first-order valence-corrected chi connectivity index (χ1v) is 20.8. The van der Waals surface area contributed by atoms with Gasteiger partial charge in [0.1, 0.15) is 12.4 Å². The van der Waals surface area contributed by atoms with Crippen LogP contribution in [0.4, 0.5) is 0 Å². The van der Waals surface area contributed by atoms with Crippen LogP contribution in [0, 0.1) is 49.4 Å². The molecule has 0 atom stereocenters. The second-order valence-corrected chi connectivity index (χ2v) is 16.7. The summed E-state index contributed by atoms with van der Waals surface area (Å²) in [4.78, 5) is 85.9. The summed E-state index contributed by atoms with van der Waals surface area (Å²) in [6.07, 6.45) is 19.8. The Hall–Kier alpha value is -3.67. The molecule has 0 spiro atoms. The Balaban J connectivity index is -0.000000125. The summed E-state index contributed by atoms with van der Waals surface area (Å²) in [5.74, 6) is 7.44. The zero-order valence-electron chi connectivity index (χ0n) is 38.0. The van der Waals surface area contributed by atoms with Gasteiger partial charge in [0, 0.05) is 1.43 Å². The molecule has 358 valence electrons. The Kier molecular flexibility index (Phi) is 48.1. The van der Waals surface area contributed by atoms with Gasteiger partial charge in [-0.3, -0.25) is 58.8 Å². The molecule has 0 aliphatic rings. The summed E-state index contributed by atoms with van der Waals surface area (Å²) in [7, 11) is 0. The van der Waals surface area contributed by atoms with Gasteiger partial charge in [-0.2, -0.15) is 0 Å². The maximum Gasteiger partial charge on any atom is 0.263 e. The van der Waals surface area contributed by atoms with Gasteiger partial charge in [0.2, 0.25) is 11.1 Å². The van der Waals surface area contributed by atoms with E-state index in [1.165, 1.54) is 4.90 Å². The van der Waals surface area contributed by atoms with Gasteiger partial charge in [-0.25, -0.2) is 21.9 Å². The number of carbonyl (C=O) groups is 6. The van der Waals surface area contributed by atoms with Crippen LogP contribution in [-0.4, -0.2) is 125 Å². The van der Waals surface area contributed by atoms with Gasteiger partial charge in [-0.1, -0.05) is 39.6 Å². The molecule has 0 aliphatic carbocycles. The maximum atomic E-state index is 11.5. The predicted octanol–water partition coefficient (Wildman–Crippen LogP) is 2.69. The van der Waals surface area contributed by atoms with E-state index in [0.29, 0.717) is 18.4 Å². The van der Waals surface area contributed by atoms with Gasteiger partial charge in [-0.05, 0) is 94.7 Å². The SMILES string of the molecule is C#CCBr.C#CCN(CC(=O)NOC(C)(C)C)C(=O)CCl.C#CCNCC(=O)NOC(C)(C)C.C#CCNCC(=O)NOC(C)(C)C.CC(C)(C)ONC(=O)CN.O=C(Cl)CCl.[HH]. The lowest BCUT2D eigenvalue weighted by Crippen LogP contribution is -2.43. The van der Waals surface area contributed by atoms with Crippen molar-refractivity contribution < 1.29 is 49.5 Å². The standard InChI is InChI=1S/C11H17ClN2O3.2C9H16N2O2.C6H14N2O2.C3H3Br.C2H2Cl2O.H2/c1-5-6-14(10(16)7-12)8-9(15)13-17-11(2,3)4;2*1-5-6-10-7-8(12)11-13-9(2,3)4;1-6(2,3)10-8-5(9)4-7;1-2-3-4;3-1-2(4)5;/h1H,6-8H2,2-4H3,(H,13,15);2*1,10H,6-7H2,2-4H3,(H,11,12);4,7H2,1-3H3,(H,8,9);1H,3H2;1H2;1H. The van der Waals surface area contributed by atoms with Crippen LogP contribution in [0.15, 0.2) is 0 Å². The maximum absolute atomic E-state index is 11.5. The average molecular weight is 1010 g/mol. The molecule has 0 aromatic carbocycles. The van der Waals surface area contributed by atoms with Gasteiger partial charge in [0.15, 0.2) is 0 Å². The number of hydrogen-bond acceptors (Lipinski definition) is 13. The molecule has 0 rings (SSSR count). The highest BCUT2D eigenvalue weighted by Crippen LogP contribution is 2.05. The fourth-order valence-electron chi connectivity index (χ4n) is 2.08. The lowest BCUT2D eigenvalue weighted by molar-refractivity contribution is -0.149. The summed E-state index contributed by atoms with van der Waals surface area (Å²) < 4.78 is 0. The first kappa shape index (κ1) is 70.0. The fourth-order valence-corrected chi connectivity index (χ4v) is 2.25. The van der Waals surface area contributed by atoms with Crippen LogP contribution < -0.4 is 38.3 Å². The van der Waals surface area contributed by atoms with Crippen molar-refractivity contribution in [2.45, 2.75) is 105 Å². The van der Waals surface area contributed by atoms with Crippen LogP contribution in [-0.2, 0) is 48.1 Å². The number of nitrogens with two attached hydrogens (primary N) is 1. The van der Waals surface area contributed by atoms with E-state index in [4.69, 9.17) is 85.6 Å². The minimum absolute atomic E-state index is 0. The molecule has 0 bridgehead atoms. The summed E-state index contributed by atoms with van der Waals surface area (Å²) >= 11 is 18.0. The minimum Gasteiger partial charge on any atom is -0.322 e. The molecule has 18 nitrogen and oxygen atoms in total. The number of terminal acetylenes is 4. The van der Waals surface area contributed by atoms with Crippen LogP contribution in [0.2, 0.25) is 0 Å². The van der Waals surface area contributed by atoms with Crippen molar-refractivity contribution in [3.05, 3.63) is 0 Å². The molecule has 62 heavy (non-hydrogen) atoms. The smallest absolute Gasteiger partial charge is 0.263 e. The number of amides is 5. The second-order valence-electron chi connectivity index (χ2n) is 15.2. The van der Waals surface area contributed by atoms with Crippen LogP contribution in [0.3, 0.4) is 0 Å². The van der Waals surface area contributed by atoms with Gasteiger partial charge < -0.3 is 10.6 Å². The van der Waals surface area contributed by atoms with Crippen molar-refractivity contribution >= 4 is 85.5 Å². The van der Waals surface area contributed by atoms with Crippen molar-refractivity contribution in [3.8, 4) is 49.4 Å². The highest BCUT2D eigenvalue weighted by Gasteiger charge is 2.18. The second kappa shape index (κ2) is 42.6. The summed E-state index contributed by atoms with van der Waals surface area (Å²) in [5, 5.41) is 5.64. The normalized spacial score (nSPS) is 10.1. The zero-order valence-corrected chi connectivity index (χ0v) is 41.9. The molecular weight excluding hydrogens is 939 g/mol. The average Bonchev–Trinajstić information content (AvgIpc) is 3.17. The van der Waals surface area contributed by atoms with Crippen molar-refractivity contribution in [3.63, 3.8) is 0 Å². The van der Waals surface area contributed by atoms with E-state index in [1.807, 2.05) is 62.3 Å². The number of hydroxylamine groups is 4. The van der Waals surface area contributed by atoms with Crippen molar-refractivity contribution in [2.24, 2.45) is 5.73 Å². The van der Waals surface area contributed by atoms with Crippen molar-refractivity contribution in [1.82, 2.24) is 37.5 Å². The predicted molar refractivity (Wildman–Crippen MR) is 251 cm³/mol. The number of carbonyl (C=O) groups excluding carboxylic acids is 6. The largest absolute Gasteiger partial charge is 0.322 e. The first-order chi connectivity index (χ1) is 28.3. The summed E-state index contributed by atoms with van der Waals surface area (Å²) in [6, 6.07) is 0. The number of hydrogen-bond donors (Lipinski definition) is 7. The van der Waals surface area contributed by atoms with Crippen LogP contribution in [0.25, 0.3) is 0 Å². The third-order valence-corrected chi connectivity index (χ3v) is 5.43. The van der Waals surface area contributed by atoms with Crippen LogP contribution >= 0.6 is 50.7 Å². The quantitative estimate of drug-likeness (QED) is 0.0388. The van der Waals surface area contributed by atoms with Gasteiger partial charge in [0.05, 0.1) is 72.9 Å². The van der Waals surface area contributed by atoms with Crippen molar-refractivity contribution in [1.29, 1.82) is 0 Å². The Bertz CT molecular complexity index is 1400. The molecule has 0 unspecified atom stereocenters. The van der Waals surface area contributed by atoms with E-state index >= 15 is 0 Å². The molecule has 0 fully saturated rings. The fraction of sp³-hybridized carbons (Fsp3) is 0.650. The molecule has 0 aliphatic heterocycles. The number of rotatable bonds is 16. The summed E-state index contributed by atoms with van der Waals surface area (Å²) in [5.41, 5.74) is 12.5. The third kappa shape index (κ3) is 73.8. The van der Waals surface area contributed by atoms with Gasteiger partial charge in [-0.15, -0.1) is 48.9 Å². The molecule has 5 amide bonds. The van der Waals surface area contributed by atoms with Crippen molar-refractivity contribution in [2.75, 3.05) is 62.9 Å². The first-order valence-electron chi connectivity index (χ1n) is 18.2. The van der Waals surface area contributed by atoms with Crippen LogP contribution in [0.1, 0.15) is 84.5 Å². The number of alkyl halides is 3. The van der Waals surface area contributed by atoms with E-state index in [2.05, 4.69) is 72.2 Å². The van der Waals surface area contributed by atoms with E-state index < -0.39 is 22.7 Å². The molecule has 0 aromatic heterocycles. The van der Waals surface area contributed by atoms with E-state index in [0.717, 1.165) is 0 Å². The topological polar surface area (TPSA) is 241 Å². The van der Waals surface area contributed by atoms with E-state index in [9.17, 15) is 28.8 Å². The van der Waals surface area contributed by atoms with Crippen LogP contribution in [0.5, 0.6) is 0 Å². The number of nitrogens with zero attached hydrogens (tertiary/aromatic N) is 1. The molecule has 0 heterocycles. The lowest BCUT2D eigenvalue weighted by atomic mass is 10.2. The summed E-state index contributed by atoms with van der Waals surface area (Å²) in [6.45, 7) is 22.9. The number of halogens is 4. The number of nitrogens with one attached hydrogen (secondary N) is 6. The Morgan fingerprint density at radius 3 is 1.13 bits per heavy atom. The third-order valence-electron chi connectivity index (χ3n) is 4.36. The molecule has 8 N–H and O–H groups in total. The molecule has 0 saturated heterocycles. The highest BCUT2D eigenvalue weighted by atomic mass is 79.9. The van der Waals surface area contributed by atoms with E-state index in [1.54, 1.807) is 20.8 Å². The van der Waals surface area contributed by atoms with E-state index in [-0.39, 0.29) is 80.4 Å². The monoisotopic (exact) mass is 1010 g/mol. The zero-order chi connectivity index (χ0) is 50.0. The molecule has 0 radical (unpaired) electrons. The Morgan fingerprint density at radius 2 is 0.903 bits per heavy atom. The lowest BCUT2D eigenvalue weighted by Gasteiger charge is -2.22. The highest BCUT2D eigenvalue weighted by molar-refractivity contribution is 9.09. The Labute approximate surface area is 394 Å². The molecule has 22 heteroatoms. The van der Waals surface area contributed by atoms with Gasteiger partial charge >= 0.3 is 0 Å².